The summed E-state index contributed by atoms with van der Waals surface area (Å²) in [5.41, 5.74) is 0.376. The average Bonchev–Trinajstić information content (AvgIpc) is 2.79. The van der Waals surface area contributed by atoms with E-state index in [2.05, 4.69) is 6.58 Å². The number of nitro groups is 1. The zero-order valence-electron chi connectivity index (χ0n) is 17.5. The largest absolute Gasteiger partial charge is 0.481 e. The van der Waals surface area contributed by atoms with Gasteiger partial charge < -0.3 is 10.0 Å². The quantitative estimate of drug-likeness (QED) is 0.312. The fraction of sp³-hybridized carbons (Fsp3) is 0.273. The van der Waals surface area contributed by atoms with Crippen molar-refractivity contribution in [1.29, 1.82) is 0 Å². The van der Waals surface area contributed by atoms with Crippen molar-refractivity contribution in [3.05, 3.63) is 68.7 Å². The highest BCUT2D eigenvalue weighted by Crippen LogP contribution is 2.40. The summed E-state index contributed by atoms with van der Waals surface area (Å²) in [6.45, 7) is 6.29. The molecule has 33 heavy (non-hydrogen) atoms. The van der Waals surface area contributed by atoms with Crippen LogP contribution >= 0.6 is 35.0 Å². The van der Waals surface area contributed by atoms with Crippen LogP contribution < -0.4 is 0 Å². The number of hydrogen-bond donors (Lipinski definition) is 1. The number of rotatable bonds is 8. The predicted octanol–water partition coefficient (Wildman–Crippen LogP) is 4.68. The Labute approximate surface area is 204 Å². The second-order valence-electron chi connectivity index (χ2n) is 7.37. The fourth-order valence-corrected chi connectivity index (χ4v) is 4.78. The van der Waals surface area contributed by atoms with Crippen LogP contribution in [0.4, 0.5) is 5.69 Å². The maximum absolute atomic E-state index is 12.9. The normalized spacial score (nSPS) is 14.2. The summed E-state index contributed by atoms with van der Waals surface area (Å²) in [5, 5.41) is 21.4. The Bertz CT molecular complexity index is 1100. The molecule has 0 spiro atoms. The average molecular weight is 510 g/mol. The third-order valence-electron chi connectivity index (χ3n) is 5.18. The molecule has 1 aliphatic heterocycles. The molecular formula is C22H21Cl2N3O5S. The monoisotopic (exact) mass is 509 g/mol. The second kappa shape index (κ2) is 11.0. The Balaban J connectivity index is 1.72. The molecule has 1 N–H and O–H groups in total. The van der Waals surface area contributed by atoms with Gasteiger partial charge in [0.15, 0.2) is 0 Å². The third-order valence-corrected chi connectivity index (χ3v) is 6.98. The van der Waals surface area contributed by atoms with Crippen molar-refractivity contribution < 1.29 is 19.6 Å². The minimum Gasteiger partial charge on any atom is -0.481 e. The first kappa shape index (κ1) is 25.0. The Hall–Kier alpha value is -2.59. The van der Waals surface area contributed by atoms with E-state index in [1.165, 1.54) is 6.07 Å². The lowest BCUT2D eigenvalue weighted by molar-refractivity contribution is -0.387. The maximum atomic E-state index is 12.9. The topological polar surface area (TPSA) is 104 Å². The number of carbonyl (C=O) groups excluding carboxylic acids is 1. The highest BCUT2D eigenvalue weighted by atomic mass is 35.5. The molecule has 1 heterocycles. The molecule has 11 heteroatoms. The molecule has 2 aromatic carbocycles. The molecule has 1 amide bonds. The summed E-state index contributed by atoms with van der Waals surface area (Å²) in [4.78, 5) is 39.5. The van der Waals surface area contributed by atoms with Gasteiger partial charge >= 0.3 is 5.97 Å². The van der Waals surface area contributed by atoms with E-state index in [0.717, 1.165) is 11.8 Å². The summed E-state index contributed by atoms with van der Waals surface area (Å²) >= 11 is 13.2. The SMILES string of the molecule is C=C(C(=O)N1CCN(CCC(=O)O)CC1)c1ccc(Sc2ccc(Cl)cc2Cl)c([N+](=O)[O-])c1. The van der Waals surface area contributed by atoms with Gasteiger partial charge in [0.25, 0.3) is 11.6 Å². The molecule has 1 fully saturated rings. The van der Waals surface area contributed by atoms with Crippen LogP contribution in [0.15, 0.2) is 52.8 Å². The number of nitrogens with zero attached hydrogens (tertiary/aromatic N) is 3. The summed E-state index contributed by atoms with van der Waals surface area (Å²) in [6, 6.07) is 9.44. The zero-order chi connectivity index (χ0) is 24.1. The van der Waals surface area contributed by atoms with Gasteiger partial charge in [-0.05, 0) is 29.8 Å². The molecule has 174 valence electrons. The lowest BCUT2D eigenvalue weighted by atomic mass is 10.1. The number of aliphatic carboxylic acids is 1. The molecule has 0 unspecified atom stereocenters. The highest BCUT2D eigenvalue weighted by molar-refractivity contribution is 7.99. The van der Waals surface area contributed by atoms with Gasteiger partial charge in [0.2, 0.25) is 0 Å². The van der Waals surface area contributed by atoms with E-state index in [-0.39, 0.29) is 23.6 Å². The van der Waals surface area contributed by atoms with Crippen molar-refractivity contribution in [2.24, 2.45) is 0 Å². The molecule has 0 bridgehead atoms. The Morgan fingerprint density at radius 1 is 1.09 bits per heavy atom. The van der Waals surface area contributed by atoms with Crippen molar-refractivity contribution in [3.63, 3.8) is 0 Å². The van der Waals surface area contributed by atoms with Crippen molar-refractivity contribution >= 4 is 58.1 Å². The molecule has 0 aromatic heterocycles. The molecule has 0 saturated carbocycles. The molecule has 0 atom stereocenters. The van der Waals surface area contributed by atoms with E-state index < -0.39 is 10.9 Å². The van der Waals surface area contributed by atoms with E-state index in [0.29, 0.717) is 58.1 Å². The predicted molar refractivity (Wildman–Crippen MR) is 128 cm³/mol. The molecule has 2 aromatic rings. The van der Waals surface area contributed by atoms with Crippen LogP contribution in [0.25, 0.3) is 5.57 Å². The molecule has 8 nitrogen and oxygen atoms in total. The fourth-order valence-electron chi connectivity index (χ4n) is 3.35. The first-order valence-electron chi connectivity index (χ1n) is 9.99. The molecule has 0 radical (unpaired) electrons. The van der Waals surface area contributed by atoms with Gasteiger partial charge in [-0.25, -0.2) is 0 Å². The third kappa shape index (κ3) is 6.48. The van der Waals surface area contributed by atoms with E-state index in [1.54, 1.807) is 35.2 Å². The number of carboxylic acid groups (broad SMARTS) is 1. The highest BCUT2D eigenvalue weighted by Gasteiger charge is 2.25. The van der Waals surface area contributed by atoms with Crippen LogP contribution in [0.1, 0.15) is 12.0 Å². The van der Waals surface area contributed by atoms with E-state index >= 15 is 0 Å². The smallest absolute Gasteiger partial charge is 0.304 e. The van der Waals surface area contributed by atoms with Gasteiger partial charge in [0, 0.05) is 54.3 Å². The van der Waals surface area contributed by atoms with Crippen molar-refractivity contribution in [1.82, 2.24) is 9.80 Å². The molecule has 1 saturated heterocycles. The van der Waals surface area contributed by atoms with Crippen molar-refractivity contribution in [2.45, 2.75) is 16.2 Å². The first-order valence-corrected chi connectivity index (χ1v) is 11.6. The van der Waals surface area contributed by atoms with Crippen LogP contribution in [0.5, 0.6) is 0 Å². The Kier molecular flexibility index (Phi) is 8.36. The first-order chi connectivity index (χ1) is 15.7. The Morgan fingerprint density at radius 3 is 2.36 bits per heavy atom. The maximum Gasteiger partial charge on any atom is 0.304 e. The van der Waals surface area contributed by atoms with Gasteiger partial charge in [-0.3, -0.25) is 24.6 Å². The van der Waals surface area contributed by atoms with E-state index in [4.69, 9.17) is 28.3 Å². The van der Waals surface area contributed by atoms with Gasteiger partial charge in [0.05, 0.1) is 21.3 Å². The number of carbonyl (C=O) groups is 2. The number of hydrogen-bond acceptors (Lipinski definition) is 6. The molecule has 1 aliphatic rings. The van der Waals surface area contributed by atoms with E-state index in [9.17, 15) is 19.7 Å². The van der Waals surface area contributed by atoms with Crippen LogP contribution in [0.3, 0.4) is 0 Å². The lowest BCUT2D eigenvalue weighted by Gasteiger charge is -2.34. The number of benzene rings is 2. The number of halogens is 2. The molecular weight excluding hydrogens is 489 g/mol. The number of piperazine rings is 1. The minimum atomic E-state index is -0.858. The standard InChI is InChI=1S/C22H21Cl2N3O5S/c1-14(22(30)26-10-8-25(9-11-26)7-6-21(28)29)15-2-4-20(18(12-15)27(31)32)33-19-5-3-16(23)13-17(19)24/h2-5,12-13H,1,6-11H2,(H,28,29). The molecule has 3 rings (SSSR count). The summed E-state index contributed by atoms with van der Waals surface area (Å²) in [7, 11) is 0. The lowest BCUT2D eigenvalue weighted by Crippen LogP contribution is -2.49. The zero-order valence-corrected chi connectivity index (χ0v) is 19.8. The van der Waals surface area contributed by atoms with Gasteiger partial charge in [0.1, 0.15) is 0 Å². The van der Waals surface area contributed by atoms with Gasteiger partial charge in [-0.15, -0.1) is 0 Å². The van der Waals surface area contributed by atoms with Crippen LogP contribution in [0, 0.1) is 10.1 Å². The van der Waals surface area contributed by atoms with Crippen LogP contribution in [-0.2, 0) is 9.59 Å². The van der Waals surface area contributed by atoms with Crippen LogP contribution in [0.2, 0.25) is 10.0 Å². The van der Waals surface area contributed by atoms with E-state index in [1.807, 2.05) is 4.90 Å². The number of nitro benzene ring substituents is 1. The summed E-state index contributed by atoms with van der Waals surface area (Å²) in [6.07, 6.45) is 0.0515. The van der Waals surface area contributed by atoms with Crippen molar-refractivity contribution in [2.75, 3.05) is 32.7 Å². The van der Waals surface area contributed by atoms with Crippen molar-refractivity contribution in [3.8, 4) is 0 Å². The van der Waals surface area contributed by atoms with Gasteiger partial charge in [-0.1, -0.05) is 47.6 Å². The number of amides is 1. The van der Waals surface area contributed by atoms with Crippen LogP contribution in [-0.4, -0.2) is 64.4 Å². The number of carboxylic acids is 1. The molecule has 0 aliphatic carbocycles. The van der Waals surface area contributed by atoms with Gasteiger partial charge in [-0.2, -0.15) is 0 Å². The Morgan fingerprint density at radius 2 is 1.76 bits per heavy atom. The second-order valence-corrected chi connectivity index (χ2v) is 9.30. The minimum absolute atomic E-state index is 0.0515. The summed E-state index contributed by atoms with van der Waals surface area (Å²) < 4.78 is 0. The summed E-state index contributed by atoms with van der Waals surface area (Å²) in [5.74, 6) is -1.16.